The van der Waals surface area contributed by atoms with Gasteiger partial charge in [0.2, 0.25) is 15.9 Å². The van der Waals surface area contributed by atoms with Crippen molar-refractivity contribution >= 4 is 10.0 Å². The van der Waals surface area contributed by atoms with Crippen LogP contribution in [0.2, 0.25) is 0 Å². The molecule has 4 rings (SSSR count). The Morgan fingerprint density at radius 2 is 1.83 bits per heavy atom. The Bertz CT molecular complexity index is 1080. The Balaban J connectivity index is 1.37. The molecule has 3 heterocycles. The molecule has 0 aliphatic carbocycles. The molecule has 0 spiro atoms. The molecular weight excluding hydrogens is 404 g/mol. The molecule has 0 amide bonds. The van der Waals surface area contributed by atoms with Gasteiger partial charge in [0, 0.05) is 31.5 Å². The van der Waals surface area contributed by atoms with Crippen LogP contribution in [0, 0.1) is 11.6 Å². The third kappa shape index (κ3) is 4.10. The van der Waals surface area contributed by atoms with E-state index in [0.717, 1.165) is 12.1 Å². The molecule has 1 fully saturated rings. The summed E-state index contributed by atoms with van der Waals surface area (Å²) >= 11 is 0. The molecule has 1 aliphatic rings. The van der Waals surface area contributed by atoms with Gasteiger partial charge in [-0.1, -0.05) is 0 Å². The van der Waals surface area contributed by atoms with E-state index in [1.165, 1.54) is 4.31 Å². The zero-order valence-corrected chi connectivity index (χ0v) is 16.0. The van der Waals surface area contributed by atoms with Crippen LogP contribution in [-0.2, 0) is 10.0 Å². The highest BCUT2D eigenvalue weighted by Gasteiger charge is 2.31. The first kappa shape index (κ1) is 19.4. The molecule has 29 heavy (non-hydrogen) atoms. The van der Waals surface area contributed by atoms with Gasteiger partial charge in [-0.15, -0.1) is 10.2 Å². The molecule has 1 aliphatic heterocycles. The summed E-state index contributed by atoms with van der Waals surface area (Å²) in [5.41, 5.74) is 0. The largest absolute Gasteiger partial charge is 0.473 e. The number of hydrogen-bond acceptors (Lipinski definition) is 6. The van der Waals surface area contributed by atoms with Crippen molar-refractivity contribution in [1.82, 2.24) is 24.3 Å². The molecule has 11 heteroatoms. The van der Waals surface area contributed by atoms with Gasteiger partial charge in [0.15, 0.2) is 17.5 Å². The van der Waals surface area contributed by atoms with E-state index in [0.29, 0.717) is 30.6 Å². The Labute approximate surface area is 165 Å². The van der Waals surface area contributed by atoms with Crippen LogP contribution in [0.15, 0.2) is 53.7 Å². The first-order chi connectivity index (χ1) is 13.9. The van der Waals surface area contributed by atoms with E-state index in [1.807, 2.05) is 0 Å². The number of nitrogens with zero attached hydrogens (tertiary/aromatic N) is 5. The minimum absolute atomic E-state index is 0.199. The Morgan fingerprint density at radius 1 is 1.03 bits per heavy atom. The number of piperidine rings is 1. The summed E-state index contributed by atoms with van der Waals surface area (Å²) in [5, 5.41) is 12.1. The number of aromatic nitrogens is 4. The maximum Gasteiger partial charge on any atom is 0.243 e. The van der Waals surface area contributed by atoms with Crippen molar-refractivity contribution in [2.45, 2.75) is 23.8 Å². The first-order valence-electron chi connectivity index (χ1n) is 8.89. The Morgan fingerprint density at radius 3 is 2.45 bits per heavy atom. The lowest BCUT2D eigenvalue weighted by molar-refractivity contribution is 0.128. The van der Waals surface area contributed by atoms with Gasteiger partial charge in [0.05, 0.1) is 4.90 Å². The average molecular weight is 421 g/mol. The van der Waals surface area contributed by atoms with Crippen LogP contribution in [0.3, 0.4) is 0 Å². The van der Waals surface area contributed by atoms with Crippen molar-refractivity contribution in [3.05, 3.63) is 60.4 Å². The molecular formula is C18H17F2N5O3S. The molecule has 152 valence electrons. The third-order valence-corrected chi connectivity index (χ3v) is 6.48. The zero-order chi connectivity index (χ0) is 20.4. The lowest BCUT2D eigenvalue weighted by atomic mass is 10.1. The fraction of sp³-hybridized carbons (Fsp3) is 0.278. The van der Waals surface area contributed by atoms with Crippen LogP contribution in [0.1, 0.15) is 12.8 Å². The molecule has 0 N–H and O–H groups in total. The zero-order valence-electron chi connectivity index (χ0n) is 15.1. The summed E-state index contributed by atoms with van der Waals surface area (Å²) in [7, 11) is -3.89. The van der Waals surface area contributed by atoms with E-state index in [-0.39, 0.29) is 24.1 Å². The minimum Gasteiger partial charge on any atom is -0.473 e. The molecule has 0 unspecified atom stereocenters. The molecule has 1 aromatic carbocycles. The highest BCUT2D eigenvalue weighted by atomic mass is 32.2. The summed E-state index contributed by atoms with van der Waals surface area (Å²) in [5.74, 6) is -1.39. The van der Waals surface area contributed by atoms with Gasteiger partial charge in [-0.25, -0.2) is 21.9 Å². The topological polar surface area (TPSA) is 90.2 Å². The van der Waals surface area contributed by atoms with Crippen molar-refractivity contribution in [3.63, 3.8) is 0 Å². The average Bonchev–Trinajstić information content (AvgIpc) is 3.26. The molecule has 0 atom stereocenters. The second-order valence-corrected chi connectivity index (χ2v) is 8.42. The van der Waals surface area contributed by atoms with Crippen LogP contribution in [0.5, 0.6) is 5.88 Å². The van der Waals surface area contributed by atoms with Crippen molar-refractivity contribution in [2.75, 3.05) is 13.1 Å². The molecule has 0 radical (unpaired) electrons. The molecule has 1 saturated heterocycles. The molecule has 2 aromatic heterocycles. The highest BCUT2D eigenvalue weighted by Crippen LogP contribution is 2.24. The number of benzene rings is 1. The van der Waals surface area contributed by atoms with Crippen LogP contribution in [0.25, 0.3) is 5.82 Å². The number of rotatable bonds is 5. The highest BCUT2D eigenvalue weighted by molar-refractivity contribution is 7.89. The van der Waals surface area contributed by atoms with Crippen molar-refractivity contribution in [1.29, 1.82) is 0 Å². The van der Waals surface area contributed by atoms with Gasteiger partial charge in [-0.05, 0) is 43.2 Å². The van der Waals surface area contributed by atoms with Crippen molar-refractivity contribution in [2.24, 2.45) is 0 Å². The van der Waals surface area contributed by atoms with Gasteiger partial charge in [-0.3, -0.25) is 0 Å². The first-order valence-corrected chi connectivity index (χ1v) is 10.3. The summed E-state index contributed by atoms with van der Waals surface area (Å²) < 4.78 is 60.3. The van der Waals surface area contributed by atoms with Crippen molar-refractivity contribution in [3.8, 4) is 11.7 Å². The van der Waals surface area contributed by atoms with Crippen LogP contribution >= 0.6 is 0 Å². The second kappa shape index (κ2) is 7.84. The van der Waals surface area contributed by atoms with E-state index in [4.69, 9.17) is 4.74 Å². The van der Waals surface area contributed by atoms with E-state index in [2.05, 4.69) is 15.3 Å². The standard InChI is InChI=1S/C18H17F2N5O3S/c19-15-3-2-14(12-16(15)20)29(26,27)24-10-6-13(7-11-24)28-18-5-4-17(22-23-18)25-9-1-8-21-25/h1-5,8-9,12-13H,6-7,10-11H2. The number of ether oxygens (including phenoxy) is 1. The second-order valence-electron chi connectivity index (χ2n) is 6.48. The third-order valence-electron chi connectivity index (χ3n) is 4.58. The number of halogens is 2. The van der Waals surface area contributed by atoms with Gasteiger partial charge in [-0.2, -0.15) is 9.40 Å². The van der Waals surface area contributed by atoms with E-state index >= 15 is 0 Å². The van der Waals surface area contributed by atoms with Gasteiger partial charge >= 0.3 is 0 Å². The summed E-state index contributed by atoms with van der Waals surface area (Å²) in [6, 6.07) is 7.74. The molecule has 3 aromatic rings. The summed E-state index contributed by atoms with van der Waals surface area (Å²) in [4.78, 5) is -0.268. The van der Waals surface area contributed by atoms with Crippen molar-refractivity contribution < 1.29 is 21.9 Å². The lowest BCUT2D eigenvalue weighted by Gasteiger charge is -2.31. The number of hydrogen-bond donors (Lipinski definition) is 0. The Kier molecular flexibility index (Phi) is 5.24. The van der Waals surface area contributed by atoms with Gasteiger partial charge in [0.1, 0.15) is 6.10 Å². The SMILES string of the molecule is O=S(=O)(c1ccc(F)c(F)c1)N1CCC(Oc2ccc(-n3cccn3)nn2)CC1. The van der Waals surface area contributed by atoms with Crippen LogP contribution in [0.4, 0.5) is 8.78 Å². The smallest absolute Gasteiger partial charge is 0.243 e. The fourth-order valence-electron chi connectivity index (χ4n) is 3.05. The van der Waals surface area contributed by atoms with E-state index in [9.17, 15) is 17.2 Å². The fourth-order valence-corrected chi connectivity index (χ4v) is 4.53. The molecule has 8 nitrogen and oxygen atoms in total. The molecule has 0 saturated carbocycles. The monoisotopic (exact) mass is 421 g/mol. The predicted molar refractivity (Wildman–Crippen MR) is 97.9 cm³/mol. The minimum atomic E-state index is -3.89. The van der Waals surface area contributed by atoms with E-state index in [1.54, 1.807) is 35.3 Å². The molecule has 0 bridgehead atoms. The summed E-state index contributed by atoms with van der Waals surface area (Å²) in [6.45, 7) is 0.398. The van der Waals surface area contributed by atoms with Crippen LogP contribution in [-0.4, -0.2) is 51.9 Å². The quantitative estimate of drug-likeness (QED) is 0.627. The lowest BCUT2D eigenvalue weighted by Crippen LogP contribution is -2.41. The Hall–Kier alpha value is -2.92. The van der Waals surface area contributed by atoms with Gasteiger partial charge < -0.3 is 4.74 Å². The maximum atomic E-state index is 13.4. The summed E-state index contributed by atoms with van der Waals surface area (Å²) in [6.07, 6.45) is 4.02. The predicted octanol–water partition coefficient (Wildman–Crippen LogP) is 2.17. The maximum absolute atomic E-state index is 13.4. The van der Waals surface area contributed by atoms with E-state index < -0.39 is 21.7 Å². The van der Waals surface area contributed by atoms with Crippen LogP contribution < -0.4 is 4.74 Å². The van der Waals surface area contributed by atoms with Gasteiger partial charge in [0.25, 0.3) is 0 Å². The normalized spacial score (nSPS) is 16.1. The number of sulfonamides is 1.